The number of carbonyl (C=O) groups is 1. The van der Waals surface area contributed by atoms with Gasteiger partial charge < -0.3 is 4.74 Å². The minimum absolute atomic E-state index is 0.0404. The van der Waals surface area contributed by atoms with Gasteiger partial charge in [0, 0.05) is 12.1 Å². The van der Waals surface area contributed by atoms with Gasteiger partial charge in [-0.25, -0.2) is 0 Å². The number of likely N-dealkylation sites (N-methyl/N-ethyl adjacent to an activating group) is 1. The van der Waals surface area contributed by atoms with Crippen molar-refractivity contribution in [2.75, 3.05) is 6.54 Å². The summed E-state index contributed by atoms with van der Waals surface area (Å²) in [5.74, 6) is 0.707. The van der Waals surface area contributed by atoms with Gasteiger partial charge in [-0.15, -0.1) is 0 Å². The Labute approximate surface area is 174 Å². The maximum Gasteiger partial charge on any atom is 0.266 e. The summed E-state index contributed by atoms with van der Waals surface area (Å²) in [7, 11) is 0. The molecule has 0 atom stereocenters. The fourth-order valence-electron chi connectivity index (χ4n) is 3.22. The van der Waals surface area contributed by atoms with E-state index in [1.165, 1.54) is 22.5 Å². The summed E-state index contributed by atoms with van der Waals surface area (Å²) >= 11 is 6.64. The second kappa shape index (κ2) is 8.17. The van der Waals surface area contributed by atoms with Gasteiger partial charge in [0.15, 0.2) is 0 Å². The number of hydrogen-bond donors (Lipinski definition) is 0. The number of thiocarbonyl (C=S) groups is 1. The van der Waals surface area contributed by atoms with Crippen LogP contribution >= 0.6 is 24.0 Å². The van der Waals surface area contributed by atoms with Crippen molar-refractivity contribution in [3.05, 3.63) is 82.8 Å². The molecule has 5 heteroatoms. The first-order chi connectivity index (χ1) is 13.7. The van der Waals surface area contributed by atoms with E-state index in [1.54, 1.807) is 4.90 Å². The summed E-state index contributed by atoms with van der Waals surface area (Å²) in [6, 6.07) is 22.3. The van der Waals surface area contributed by atoms with E-state index >= 15 is 0 Å². The third-order valence-corrected chi connectivity index (χ3v) is 6.04. The number of thioether (sulfide) groups is 1. The quantitative estimate of drug-likeness (QED) is 0.406. The number of nitrogens with zero attached hydrogens (tertiary/aromatic N) is 1. The molecule has 140 valence electrons. The molecule has 1 amide bonds. The highest BCUT2D eigenvalue weighted by Gasteiger charge is 2.30. The fourth-order valence-corrected chi connectivity index (χ4v) is 4.59. The normalized spacial score (nSPS) is 15.6. The number of benzene rings is 3. The Bertz CT molecular complexity index is 1090. The van der Waals surface area contributed by atoms with Crippen molar-refractivity contribution >= 4 is 51.1 Å². The minimum atomic E-state index is -0.0404. The SMILES string of the molecule is CCN1C(=O)/C(=C/c2ccccc2OCc2cccc3ccccc23)SC1=S. The largest absolute Gasteiger partial charge is 0.488 e. The van der Waals surface area contributed by atoms with Crippen LogP contribution in [-0.4, -0.2) is 21.7 Å². The third kappa shape index (κ3) is 3.68. The fraction of sp³-hybridized carbons (Fsp3) is 0.130. The Morgan fingerprint density at radius 2 is 1.79 bits per heavy atom. The average molecular weight is 406 g/mol. The first-order valence-corrected chi connectivity index (χ1v) is 10.3. The van der Waals surface area contributed by atoms with Crippen LogP contribution in [0.5, 0.6) is 5.75 Å². The van der Waals surface area contributed by atoms with Crippen LogP contribution < -0.4 is 4.74 Å². The van der Waals surface area contributed by atoms with Crippen LogP contribution in [0.1, 0.15) is 18.1 Å². The van der Waals surface area contributed by atoms with Gasteiger partial charge in [0.2, 0.25) is 0 Å². The highest BCUT2D eigenvalue weighted by atomic mass is 32.2. The van der Waals surface area contributed by atoms with Gasteiger partial charge in [0.05, 0.1) is 4.91 Å². The zero-order valence-corrected chi connectivity index (χ0v) is 17.1. The molecule has 0 radical (unpaired) electrons. The van der Waals surface area contributed by atoms with Gasteiger partial charge in [0.25, 0.3) is 5.91 Å². The van der Waals surface area contributed by atoms with Crippen molar-refractivity contribution in [2.45, 2.75) is 13.5 Å². The topological polar surface area (TPSA) is 29.5 Å². The molecule has 0 unspecified atom stereocenters. The third-order valence-electron chi connectivity index (χ3n) is 4.66. The molecule has 1 aliphatic rings. The number of rotatable bonds is 5. The van der Waals surface area contributed by atoms with E-state index in [9.17, 15) is 4.79 Å². The molecule has 0 spiro atoms. The monoisotopic (exact) mass is 405 g/mol. The first-order valence-electron chi connectivity index (χ1n) is 9.11. The van der Waals surface area contributed by atoms with Crippen molar-refractivity contribution in [1.29, 1.82) is 0 Å². The molecule has 0 saturated carbocycles. The predicted molar refractivity (Wildman–Crippen MR) is 120 cm³/mol. The summed E-state index contributed by atoms with van der Waals surface area (Å²) < 4.78 is 6.75. The van der Waals surface area contributed by atoms with Crippen LogP contribution in [-0.2, 0) is 11.4 Å². The Kier molecular flexibility index (Phi) is 5.46. The molecule has 4 rings (SSSR count). The summed E-state index contributed by atoms with van der Waals surface area (Å²) in [6.07, 6.45) is 1.87. The number of amides is 1. The maximum absolute atomic E-state index is 12.5. The van der Waals surface area contributed by atoms with E-state index in [0.717, 1.165) is 16.9 Å². The lowest BCUT2D eigenvalue weighted by Crippen LogP contribution is -2.27. The second-order valence-electron chi connectivity index (χ2n) is 6.39. The summed E-state index contributed by atoms with van der Waals surface area (Å²) in [5, 5.41) is 2.38. The molecule has 0 aromatic heterocycles. The van der Waals surface area contributed by atoms with Crippen LogP contribution in [0.2, 0.25) is 0 Å². The van der Waals surface area contributed by atoms with Crippen LogP contribution in [0.4, 0.5) is 0 Å². The molecule has 0 aliphatic carbocycles. The number of para-hydroxylation sites is 1. The zero-order valence-electron chi connectivity index (χ0n) is 15.4. The molecule has 3 aromatic rings. The van der Waals surface area contributed by atoms with E-state index in [2.05, 4.69) is 24.3 Å². The van der Waals surface area contributed by atoms with Crippen LogP contribution in [0.15, 0.2) is 71.6 Å². The van der Waals surface area contributed by atoms with Crippen LogP contribution in [0.25, 0.3) is 16.8 Å². The van der Waals surface area contributed by atoms with E-state index < -0.39 is 0 Å². The highest BCUT2D eigenvalue weighted by molar-refractivity contribution is 8.26. The maximum atomic E-state index is 12.5. The van der Waals surface area contributed by atoms with E-state index in [0.29, 0.717) is 22.4 Å². The van der Waals surface area contributed by atoms with Crippen LogP contribution in [0.3, 0.4) is 0 Å². The second-order valence-corrected chi connectivity index (χ2v) is 8.07. The molecular formula is C23H19NO2S2. The molecule has 3 aromatic carbocycles. The van der Waals surface area contributed by atoms with Gasteiger partial charge in [-0.2, -0.15) is 0 Å². The number of ether oxygens (including phenoxy) is 1. The summed E-state index contributed by atoms with van der Waals surface area (Å²) in [4.78, 5) is 14.7. The standard InChI is InChI=1S/C23H19NO2S2/c1-2-24-22(25)21(28-23(24)27)14-17-9-4-6-13-20(17)26-15-18-11-7-10-16-8-3-5-12-19(16)18/h3-14H,2,15H2,1H3/b21-14-. The number of carbonyl (C=O) groups excluding carboxylic acids is 1. The molecule has 1 saturated heterocycles. The molecule has 1 heterocycles. The predicted octanol–water partition coefficient (Wildman–Crippen LogP) is 5.64. The van der Waals surface area contributed by atoms with Crippen LogP contribution in [0, 0.1) is 0 Å². The smallest absolute Gasteiger partial charge is 0.266 e. The average Bonchev–Trinajstić information content (AvgIpc) is 2.99. The number of hydrogen-bond acceptors (Lipinski definition) is 4. The van der Waals surface area contributed by atoms with Gasteiger partial charge in [-0.05, 0) is 35.4 Å². The van der Waals surface area contributed by atoms with Crippen molar-refractivity contribution in [3.63, 3.8) is 0 Å². The molecule has 28 heavy (non-hydrogen) atoms. The van der Waals surface area contributed by atoms with E-state index in [-0.39, 0.29) is 5.91 Å². The Morgan fingerprint density at radius 3 is 2.61 bits per heavy atom. The van der Waals surface area contributed by atoms with Crippen molar-refractivity contribution in [1.82, 2.24) is 4.90 Å². The van der Waals surface area contributed by atoms with Crippen molar-refractivity contribution in [3.8, 4) is 5.75 Å². The Balaban J connectivity index is 1.60. The lowest BCUT2D eigenvalue weighted by atomic mass is 10.1. The molecular weight excluding hydrogens is 386 g/mol. The molecule has 1 aliphatic heterocycles. The number of fused-ring (bicyclic) bond motifs is 1. The molecule has 0 bridgehead atoms. The lowest BCUT2D eigenvalue weighted by molar-refractivity contribution is -0.121. The first kappa shape index (κ1) is 18.7. The highest BCUT2D eigenvalue weighted by Crippen LogP contribution is 2.34. The summed E-state index contributed by atoms with van der Waals surface area (Å²) in [5.41, 5.74) is 2.00. The molecule has 1 fully saturated rings. The van der Waals surface area contributed by atoms with E-state index in [1.807, 2.05) is 55.5 Å². The van der Waals surface area contributed by atoms with Crippen molar-refractivity contribution in [2.24, 2.45) is 0 Å². The van der Waals surface area contributed by atoms with Gasteiger partial charge in [-0.1, -0.05) is 84.6 Å². The van der Waals surface area contributed by atoms with Gasteiger partial charge in [-0.3, -0.25) is 9.69 Å². The Morgan fingerprint density at radius 1 is 1.04 bits per heavy atom. The summed E-state index contributed by atoms with van der Waals surface area (Å²) in [6.45, 7) is 2.97. The Hall–Kier alpha value is -2.63. The molecule has 3 nitrogen and oxygen atoms in total. The lowest BCUT2D eigenvalue weighted by Gasteiger charge is -2.12. The van der Waals surface area contributed by atoms with E-state index in [4.69, 9.17) is 17.0 Å². The minimum Gasteiger partial charge on any atom is -0.488 e. The van der Waals surface area contributed by atoms with Gasteiger partial charge in [0.1, 0.15) is 16.7 Å². The zero-order chi connectivity index (χ0) is 19.5. The van der Waals surface area contributed by atoms with Gasteiger partial charge >= 0.3 is 0 Å². The van der Waals surface area contributed by atoms with Crippen molar-refractivity contribution < 1.29 is 9.53 Å². The molecule has 0 N–H and O–H groups in total.